The number of piperazine rings is 2. The van der Waals surface area contributed by atoms with Crippen molar-refractivity contribution in [3.05, 3.63) is 0 Å². The lowest BCUT2D eigenvalue weighted by molar-refractivity contribution is -0.246. The average Bonchev–Trinajstić information content (AvgIpc) is 2.97. The molecule has 14 nitrogen and oxygen atoms in total. The fourth-order valence-electron chi connectivity index (χ4n) is 6.46. The van der Waals surface area contributed by atoms with Crippen LogP contribution in [-0.4, -0.2) is 143 Å². The van der Waals surface area contributed by atoms with Gasteiger partial charge in [-0.3, -0.25) is 9.59 Å². The Hall–Kier alpha value is -2.36. The Bertz CT molecular complexity index is 993. The molecule has 46 heavy (non-hydrogen) atoms. The topological polar surface area (TPSA) is 125 Å². The lowest BCUT2D eigenvalue weighted by atomic mass is 9.97. The van der Waals surface area contributed by atoms with E-state index in [0.717, 1.165) is 51.9 Å². The Morgan fingerprint density at radius 3 is 1.11 bits per heavy atom. The molecule has 2 atom stereocenters. The first-order valence-electron chi connectivity index (χ1n) is 16.9. The molecule has 0 N–H and O–H groups in total. The molecule has 4 aliphatic heterocycles. The Kier molecular flexibility index (Phi) is 12.1. The van der Waals surface area contributed by atoms with Crippen molar-refractivity contribution in [2.45, 2.75) is 104 Å². The van der Waals surface area contributed by atoms with Crippen LogP contribution in [0.15, 0.2) is 0 Å². The molecule has 0 bridgehead atoms. The van der Waals surface area contributed by atoms with Crippen molar-refractivity contribution in [1.82, 2.24) is 30.2 Å². The third-order valence-corrected chi connectivity index (χ3v) is 8.88. The first-order chi connectivity index (χ1) is 21.5. The number of piperidine rings is 2. The van der Waals surface area contributed by atoms with Crippen LogP contribution in [0.5, 0.6) is 0 Å². The molecule has 0 aromatic carbocycles. The van der Waals surface area contributed by atoms with Gasteiger partial charge in [0.2, 0.25) is 0 Å². The van der Waals surface area contributed by atoms with Crippen LogP contribution in [0.1, 0.15) is 81.1 Å². The van der Waals surface area contributed by atoms with Crippen LogP contribution in [0.3, 0.4) is 0 Å². The maximum atomic E-state index is 12.7. The van der Waals surface area contributed by atoms with Crippen LogP contribution >= 0.6 is 0 Å². The predicted molar refractivity (Wildman–Crippen MR) is 168 cm³/mol. The molecule has 14 heteroatoms. The molecular formula is C32H56N6O8. The second kappa shape index (κ2) is 15.2. The van der Waals surface area contributed by atoms with E-state index in [2.05, 4.69) is 20.0 Å². The molecular weight excluding hydrogens is 596 g/mol. The van der Waals surface area contributed by atoms with Crippen molar-refractivity contribution in [3.63, 3.8) is 0 Å². The summed E-state index contributed by atoms with van der Waals surface area (Å²) in [5, 5.41) is 12.1. The summed E-state index contributed by atoms with van der Waals surface area (Å²) in [6, 6.07) is -0.257. The zero-order valence-electron chi connectivity index (χ0n) is 29.2. The van der Waals surface area contributed by atoms with Gasteiger partial charge in [-0.05, 0) is 81.1 Å². The summed E-state index contributed by atoms with van der Waals surface area (Å²) in [6.07, 6.45) is 2.96. The van der Waals surface area contributed by atoms with E-state index < -0.39 is 23.1 Å². The second-order valence-electron chi connectivity index (χ2n) is 15.1. The number of hydrogen-bond donors (Lipinski definition) is 0. The molecule has 262 valence electrons. The van der Waals surface area contributed by atoms with Crippen LogP contribution in [0.4, 0.5) is 0 Å². The molecule has 2 unspecified atom stereocenters. The lowest BCUT2D eigenvalue weighted by Crippen LogP contribution is -2.60. The van der Waals surface area contributed by atoms with E-state index in [1.807, 2.05) is 55.4 Å². The Morgan fingerprint density at radius 2 is 0.826 bits per heavy atom. The van der Waals surface area contributed by atoms with Gasteiger partial charge in [0, 0.05) is 65.4 Å². The molecule has 0 saturated carbocycles. The van der Waals surface area contributed by atoms with Gasteiger partial charge < -0.3 is 19.1 Å². The minimum Gasteiger partial charge on any atom is -0.460 e. The van der Waals surface area contributed by atoms with E-state index in [4.69, 9.17) is 19.1 Å². The SMILES string of the molecule is CC1CN(N2CCC(C(=O)OC(C)(C)C)CC2)CCN1OC(=O)C(=O)ON1CCN(N2CCC(C(=O)OC(C)(C)C)CC2)CC1C. The van der Waals surface area contributed by atoms with E-state index in [1.54, 1.807) is 10.1 Å². The van der Waals surface area contributed by atoms with E-state index in [0.29, 0.717) is 39.3 Å². The quantitative estimate of drug-likeness (QED) is 0.306. The summed E-state index contributed by atoms with van der Waals surface area (Å²) >= 11 is 0. The summed E-state index contributed by atoms with van der Waals surface area (Å²) in [7, 11) is 0. The highest BCUT2D eigenvalue weighted by Gasteiger charge is 2.38. The summed E-state index contributed by atoms with van der Waals surface area (Å²) < 4.78 is 11.1. The van der Waals surface area contributed by atoms with Crippen molar-refractivity contribution >= 4 is 23.9 Å². The maximum Gasteiger partial charge on any atom is 0.438 e. The van der Waals surface area contributed by atoms with Crippen molar-refractivity contribution in [1.29, 1.82) is 0 Å². The summed E-state index contributed by atoms with van der Waals surface area (Å²) in [5.74, 6) is -2.49. The van der Waals surface area contributed by atoms with Crippen molar-refractivity contribution < 1.29 is 38.3 Å². The molecule has 4 aliphatic rings. The molecule has 0 amide bonds. The zero-order valence-corrected chi connectivity index (χ0v) is 29.2. The molecule has 4 saturated heterocycles. The summed E-state index contributed by atoms with van der Waals surface area (Å²) in [5.41, 5.74) is -0.969. The number of nitrogens with zero attached hydrogens (tertiary/aromatic N) is 6. The van der Waals surface area contributed by atoms with Gasteiger partial charge in [0.05, 0.1) is 23.9 Å². The minimum atomic E-state index is -1.03. The van der Waals surface area contributed by atoms with Gasteiger partial charge in [0.25, 0.3) is 0 Å². The third kappa shape index (κ3) is 10.3. The van der Waals surface area contributed by atoms with E-state index in [-0.39, 0.29) is 35.9 Å². The number of hydrazine groups is 2. The number of hydrogen-bond acceptors (Lipinski definition) is 14. The zero-order chi connectivity index (χ0) is 33.8. The Labute approximate surface area is 274 Å². The Morgan fingerprint density at radius 1 is 0.500 bits per heavy atom. The highest BCUT2D eigenvalue weighted by molar-refractivity contribution is 6.29. The first kappa shape index (κ1) is 36.5. The van der Waals surface area contributed by atoms with Crippen LogP contribution in [0.2, 0.25) is 0 Å². The first-order valence-corrected chi connectivity index (χ1v) is 16.9. The van der Waals surface area contributed by atoms with Gasteiger partial charge in [0.15, 0.2) is 0 Å². The minimum absolute atomic E-state index is 0.0878. The fraction of sp³-hybridized carbons (Fsp3) is 0.875. The van der Waals surface area contributed by atoms with E-state index in [1.165, 1.54) is 0 Å². The van der Waals surface area contributed by atoms with E-state index in [9.17, 15) is 19.2 Å². The van der Waals surface area contributed by atoms with Gasteiger partial charge in [-0.15, -0.1) is 10.1 Å². The standard InChI is InChI=1S/C32H56N6O8/c1-23-21-35(33-13-9-25(10-14-33)27(39)43-31(3,4)5)17-19-37(23)45-29(41)30(42)46-38-20-18-36(22-24(38)2)34-15-11-26(12-16-34)28(40)44-32(6,7)8/h23-26H,9-22H2,1-8H3. The third-order valence-electron chi connectivity index (χ3n) is 8.88. The lowest BCUT2D eigenvalue weighted by Gasteiger charge is -2.45. The summed E-state index contributed by atoms with van der Waals surface area (Å²) in [4.78, 5) is 61.3. The molecule has 4 fully saturated rings. The molecule has 0 aliphatic carbocycles. The number of carbonyl (C=O) groups excluding carboxylic acids is 4. The molecule has 0 spiro atoms. The molecule has 4 heterocycles. The molecule has 4 rings (SSSR count). The normalized spacial score (nSPS) is 26.4. The molecule has 0 aromatic rings. The number of hydroxylamine groups is 4. The average molecular weight is 653 g/mol. The predicted octanol–water partition coefficient (Wildman–Crippen LogP) is 1.85. The van der Waals surface area contributed by atoms with Crippen LogP contribution in [-0.2, 0) is 38.3 Å². The smallest absolute Gasteiger partial charge is 0.438 e. The van der Waals surface area contributed by atoms with Gasteiger partial charge in [0.1, 0.15) is 11.2 Å². The second-order valence-corrected chi connectivity index (χ2v) is 15.1. The Balaban J connectivity index is 1.15. The number of esters is 2. The summed E-state index contributed by atoms with van der Waals surface area (Å²) in [6.45, 7) is 21.7. The van der Waals surface area contributed by atoms with Gasteiger partial charge in [-0.2, -0.15) is 0 Å². The number of carbonyl (C=O) groups is 4. The van der Waals surface area contributed by atoms with Crippen LogP contribution < -0.4 is 0 Å². The highest BCUT2D eigenvalue weighted by Crippen LogP contribution is 2.26. The largest absolute Gasteiger partial charge is 0.460 e. The maximum absolute atomic E-state index is 12.7. The number of ether oxygens (including phenoxy) is 2. The van der Waals surface area contributed by atoms with Crippen molar-refractivity contribution in [2.24, 2.45) is 11.8 Å². The van der Waals surface area contributed by atoms with Gasteiger partial charge in [-0.25, -0.2) is 29.6 Å². The monoisotopic (exact) mass is 652 g/mol. The fourth-order valence-corrected chi connectivity index (χ4v) is 6.46. The van der Waals surface area contributed by atoms with Gasteiger partial charge >= 0.3 is 23.9 Å². The number of rotatable bonds is 6. The van der Waals surface area contributed by atoms with Crippen LogP contribution in [0, 0.1) is 11.8 Å². The van der Waals surface area contributed by atoms with Crippen molar-refractivity contribution in [3.8, 4) is 0 Å². The van der Waals surface area contributed by atoms with E-state index >= 15 is 0 Å². The van der Waals surface area contributed by atoms with Crippen molar-refractivity contribution in [2.75, 3.05) is 65.4 Å². The van der Waals surface area contributed by atoms with Crippen LogP contribution in [0.25, 0.3) is 0 Å². The van der Waals surface area contributed by atoms with Gasteiger partial charge in [-0.1, -0.05) is 0 Å². The molecule has 0 aromatic heterocycles. The molecule has 0 radical (unpaired) electrons. The highest BCUT2D eigenvalue weighted by atomic mass is 16.8.